The van der Waals surface area contributed by atoms with E-state index in [-0.39, 0.29) is 17.7 Å². The number of hydrogen-bond donors (Lipinski definition) is 0. The monoisotopic (exact) mass is 420 g/mol. The highest BCUT2D eigenvalue weighted by Crippen LogP contribution is 2.17. The molecule has 0 spiro atoms. The number of methoxy groups -OCH3 is 2. The van der Waals surface area contributed by atoms with Crippen LogP contribution in [0, 0.1) is 13.8 Å². The van der Waals surface area contributed by atoms with Gasteiger partial charge in [0.15, 0.2) is 5.78 Å². The Kier molecular flexibility index (Phi) is 8.19. The van der Waals surface area contributed by atoms with Gasteiger partial charge in [0.05, 0.1) is 25.3 Å². The number of carbonyl (C=O) groups is 3. The zero-order valence-electron chi connectivity index (χ0n) is 15.4. The second kappa shape index (κ2) is 9.87. The molecule has 2 aromatic rings. The minimum absolute atomic E-state index is 0.00100. The van der Waals surface area contributed by atoms with Crippen molar-refractivity contribution in [3.63, 3.8) is 0 Å². The van der Waals surface area contributed by atoms with Crippen LogP contribution in [0.5, 0.6) is 0 Å². The second-order valence-corrected chi connectivity index (χ2v) is 6.39. The number of ketones is 1. The predicted molar refractivity (Wildman–Crippen MR) is 103 cm³/mol. The molecule has 0 aliphatic heterocycles. The lowest BCUT2D eigenvalue weighted by molar-refractivity contribution is 0.0591. The number of Topliss-reactive ketones (excluding diaryl/α,β-unsaturated/α-hetero) is 1. The summed E-state index contributed by atoms with van der Waals surface area (Å²) in [5.74, 6) is -0.687. The van der Waals surface area contributed by atoms with Gasteiger partial charge in [-0.25, -0.2) is 9.59 Å². The normalized spacial score (nSPS) is 9.62. The van der Waals surface area contributed by atoms with Crippen molar-refractivity contribution in [3.8, 4) is 0 Å². The Labute approximate surface area is 161 Å². The summed E-state index contributed by atoms with van der Waals surface area (Å²) in [6.45, 7) is 5.22. The van der Waals surface area contributed by atoms with E-state index in [2.05, 4.69) is 25.4 Å². The molecule has 0 saturated carbocycles. The van der Waals surface area contributed by atoms with Crippen molar-refractivity contribution in [3.05, 3.63) is 68.7 Å². The van der Waals surface area contributed by atoms with Gasteiger partial charge < -0.3 is 9.47 Å². The lowest BCUT2D eigenvalue weighted by atomic mass is 10.0. The van der Waals surface area contributed by atoms with Crippen LogP contribution in [0.2, 0.25) is 0 Å². The summed E-state index contributed by atoms with van der Waals surface area (Å²) in [5, 5.41) is 0. The Bertz CT molecular complexity index is 827. The third-order valence-corrected chi connectivity index (χ3v) is 4.50. The molecule has 0 amide bonds. The van der Waals surface area contributed by atoms with Gasteiger partial charge in [0.1, 0.15) is 0 Å². The molecule has 0 aromatic heterocycles. The van der Waals surface area contributed by atoms with E-state index in [0.29, 0.717) is 16.7 Å². The van der Waals surface area contributed by atoms with Crippen molar-refractivity contribution in [2.45, 2.75) is 20.8 Å². The quantitative estimate of drug-likeness (QED) is 0.538. The predicted octanol–water partition coefficient (Wildman–Crippen LogP) is 4.53. The number of halogens is 1. The molecule has 0 radical (unpaired) electrons. The summed E-state index contributed by atoms with van der Waals surface area (Å²) in [5.41, 5.74) is 3.50. The van der Waals surface area contributed by atoms with Gasteiger partial charge in [-0.1, -0.05) is 22.0 Å². The summed E-state index contributed by atoms with van der Waals surface area (Å²) in [6.07, 6.45) is 0. The fourth-order valence-corrected chi connectivity index (χ4v) is 2.44. The van der Waals surface area contributed by atoms with E-state index in [1.54, 1.807) is 37.3 Å². The maximum absolute atomic E-state index is 11.1. The third-order valence-electron chi connectivity index (χ3n) is 3.61. The van der Waals surface area contributed by atoms with Gasteiger partial charge >= 0.3 is 11.9 Å². The highest BCUT2D eigenvalue weighted by Gasteiger charge is 2.09. The molecule has 6 heteroatoms. The number of aryl methyl sites for hydroxylation is 2. The highest BCUT2D eigenvalue weighted by atomic mass is 79.9. The smallest absolute Gasteiger partial charge is 0.337 e. The van der Waals surface area contributed by atoms with Crippen LogP contribution in [-0.2, 0) is 9.47 Å². The molecule has 0 saturated heterocycles. The van der Waals surface area contributed by atoms with E-state index < -0.39 is 0 Å². The molecular formula is C20H21BrO5. The Balaban J connectivity index is 0.000000263. The van der Waals surface area contributed by atoms with Crippen LogP contribution in [-0.4, -0.2) is 31.9 Å². The average Bonchev–Trinajstić information content (AvgIpc) is 2.62. The minimum Gasteiger partial charge on any atom is -0.465 e. The zero-order chi connectivity index (χ0) is 19.9. The molecule has 0 N–H and O–H groups in total. The summed E-state index contributed by atoms with van der Waals surface area (Å²) >= 11 is 3.35. The molecule has 0 atom stereocenters. The van der Waals surface area contributed by atoms with Crippen molar-refractivity contribution < 1.29 is 23.9 Å². The number of rotatable bonds is 3. The Morgan fingerprint density at radius 3 is 1.65 bits per heavy atom. The van der Waals surface area contributed by atoms with Gasteiger partial charge in [0.2, 0.25) is 0 Å². The first-order valence-corrected chi connectivity index (χ1v) is 8.55. The lowest BCUT2D eigenvalue weighted by Crippen LogP contribution is -2.04. The van der Waals surface area contributed by atoms with Gasteiger partial charge in [0.25, 0.3) is 0 Å². The Morgan fingerprint density at radius 1 is 0.808 bits per heavy atom. The van der Waals surface area contributed by atoms with Crippen LogP contribution in [0.25, 0.3) is 0 Å². The summed E-state index contributed by atoms with van der Waals surface area (Å²) in [4.78, 5) is 33.3. The van der Waals surface area contributed by atoms with Crippen LogP contribution in [0.1, 0.15) is 49.1 Å². The first-order valence-electron chi connectivity index (χ1n) is 7.75. The molecule has 0 heterocycles. The van der Waals surface area contributed by atoms with E-state index in [1.807, 2.05) is 13.0 Å². The molecule has 26 heavy (non-hydrogen) atoms. The zero-order valence-corrected chi connectivity index (χ0v) is 17.0. The maximum atomic E-state index is 11.1. The number of benzene rings is 2. The first-order chi connectivity index (χ1) is 12.2. The fraction of sp³-hybridized carbons (Fsp3) is 0.250. The van der Waals surface area contributed by atoms with Crippen molar-refractivity contribution in [2.24, 2.45) is 0 Å². The Hall–Kier alpha value is -2.47. The molecule has 2 rings (SSSR count). The molecule has 138 valence electrons. The molecule has 0 bridgehead atoms. The van der Waals surface area contributed by atoms with Crippen molar-refractivity contribution in [1.82, 2.24) is 0 Å². The van der Waals surface area contributed by atoms with Crippen LogP contribution >= 0.6 is 15.9 Å². The van der Waals surface area contributed by atoms with Crippen molar-refractivity contribution in [2.75, 3.05) is 14.2 Å². The van der Waals surface area contributed by atoms with Crippen molar-refractivity contribution >= 4 is 33.7 Å². The van der Waals surface area contributed by atoms with Crippen molar-refractivity contribution in [1.29, 1.82) is 0 Å². The van der Waals surface area contributed by atoms with E-state index >= 15 is 0 Å². The number of carbonyl (C=O) groups excluding carboxylic acids is 3. The van der Waals surface area contributed by atoms with Gasteiger partial charge in [-0.05, 0) is 62.2 Å². The van der Waals surface area contributed by atoms with Crippen LogP contribution < -0.4 is 0 Å². The number of ether oxygens (including phenoxy) is 2. The minimum atomic E-state index is -0.386. The Morgan fingerprint density at radius 2 is 1.27 bits per heavy atom. The van der Waals surface area contributed by atoms with Gasteiger partial charge in [-0.15, -0.1) is 0 Å². The summed E-state index contributed by atoms with van der Waals surface area (Å²) in [7, 11) is 2.70. The molecule has 5 nitrogen and oxygen atoms in total. The molecular weight excluding hydrogens is 400 g/mol. The number of hydrogen-bond acceptors (Lipinski definition) is 5. The number of esters is 2. The highest BCUT2D eigenvalue weighted by molar-refractivity contribution is 9.10. The standard InChI is InChI=1S/C11H12O3.C9H9BrO2/c1-7-6-9(11(13)14-3)4-5-10(7)8(2)12;1-6-5-7(9(11)12-2)3-4-8(6)10/h4-6H,1-3H3;3-5H,1-2H3. The molecule has 0 unspecified atom stereocenters. The average molecular weight is 421 g/mol. The van der Waals surface area contributed by atoms with E-state index in [9.17, 15) is 14.4 Å². The van der Waals surface area contributed by atoms with Crippen LogP contribution in [0.15, 0.2) is 40.9 Å². The van der Waals surface area contributed by atoms with Gasteiger partial charge in [0, 0.05) is 10.0 Å². The summed E-state index contributed by atoms with van der Waals surface area (Å²) < 4.78 is 10.1. The van der Waals surface area contributed by atoms with E-state index in [1.165, 1.54) is 21.1 Å². The van der Waals surface area contributed by atoms with Crippen LogP contribution in [0.3, 0.4) is 0 Å². The largest absolute Gasteiger partial charge is 0.465 e. The molecule has 0 aliphatic rings. The SMILES string of the molecule is COC(=O)c1ccc(Br)c(C)c1.COC(=O)c1ccc(C(C)=O)c(C)c1. The first kappa shape index (κ1) is 21.6. The molecule has 0 aliphatic carbocycles. The van der Waals surface area contributed by atoms with Gasteiger partial charge in [-0.3, -0.25) is 4.79 Å². The lowest BCUT2D eigenvalue weighted by Gasteiger charge is -2.04. The van der Waals surface area contributed by atoms with E-state index in [0.717, 1.165) is 15.6 Å². The topological polar surface area (TPSA) is 69.7 Å². The third kappa shape index (κ3) is 5.81. The van der Waals surface area contributed by atoms with Gasteiger partial charge in [-0.2, -0.15) is 0 Å². The second-order valence-electron chi connectivity index (χ2n) is 5.53. The molecule has 0 fully saturated rings. The summed E-state index contributed by atoms with van der Waals surface area (Å²) in [6, 6.07) is 10.2. The van der Waals surface area contributed by atoms with Crippen LogP contribution in [0.4, 0.5) is 0 Å². The maximum Gasteiger partial charge on any atom is 0.337 e. The van der Waals surface area contributed by atoms with E-state index in [4.69, 9.17) is 0 Å². The fourth-order valence-electron chi connectivity index (χ4n) is 2.19. The molecule has 2 aromatic carbocycles.